The first-order chi connectivity index (χ1) is 7.13. The van der Waals surface area contributed by atoms with Crippen molar-refractivity contribution in [2.45, 2.75) is 19.4 Å². The van der Waals surface area contributed by atoms with Crippen molar-refractivity contribution in [3.05, 3.63) is 29.8 Å². The summed E-state index contributed by atoms with van der Waals surface area (Å²) >= 11 is 0. The van der Waals surface area contributed by atoms with Gasteiger partial charge in [-0.15, -0.1) is 0 Å². The number of hydrogen-bond acceptors (Lipinski definition) is 1. The Balaban J connectivity index is 0.000000195. The maximum Gasteiger partial charge on any atom is 0.0375 e. The summed E-state index contributed by atoms with van der Waals surface area (Å²) in [6, 6.07) is 9.12. The molecule has 1 aromatic rings. The average Bonchev–Trinajstić information content (AvgIpc) is 2.58. The lowest BCUT2D eigenvalue weighted by Gasteiger charge is -2.00. The van der Waals surface area contributed by atoms with Crippen LogP contribution in [0.2, 0.25) is 0 Å². The van der Waals surface area contributed by atoms with Gasteiger partial charge >= 0.3 is 0 Å². The Kier molecular flexibility index (Phi) is 5.00. The Bertz CT molecular complexity index is 279. The van der Waals surface area contributed by atoms with Crippen molar-refractivity contribution in [2.75, 3.05) is 5.32 Å². The van der Waals surface area contributed by atoms with Gasteiger partial charge in [0.2, 0.25) is 0 Å². The van der Waals surface area contributed by atoms with Crippen LogP contribution >= 0.6 is 0 Å². The summed E-state index contributed by atoms with van der Waals surface area (Å²) in [5.74, 6) is 0. The van der Waals surface area contributed by atoms with Crippen LogP contribution in [0, 0.1) is 0 Å². The number of nitrogens with one attached hydrogen (secondary N) is 1. The zero-order valence-electron chi connectivity index (χ0n) is 8.98. The van der Waals surface area contributed by atoms with E-state index in [0.29, 0.717) is 6.04 Å². The van der Waals surface area contributed by atoms with Crippen molar-refractivity contribution in [3.8, 4) is 0 Å². The van der Waals surface area contributed by atoms with E-state index in [1.165, 1.54) is 24.7 Å². The van der Waals surface area contributed by atoms with Crippen molar-refractivity contribution in [2.24, 2.45) is 0 Å². The summed E-state index contributed by atoms with van der Waals surface area (Å²) in [6.45, 7) is 2.21. The second-order valence-electron chi connectivity index (χ2n) is 3.68. The molecule has 6 heteroatoms. The molecule has 0 fully saturated rings. The number of anilines is 1. The molecule has 0 bridgehead atoms. The third kappa shape index (κ3) is 4.15. The molecule has 1 aliphatic rings. The molecule has 7 radical (unpaired) electrons. The van der Waals surface area contributed by atoms with E-state index in [4.69, 9.17) is 23.2 Å². The maximum absolute atomic E-state index is 4.89. The van der Waals surface area contributed by atoms with Gasteiger partial charge in [-0.2, -0.15) is 0 Å². The van der Waals surface area contributed by atoms with Crippen LogP contribution in [0.5, 0.6) is 0 Å². The van der Waals surface area contributed by atoms with Gasteiger partial charge in [0.25, 0.3) is 0 Å². The number of para-hydroxylation sites is 1. The zero-order chi connectivity index (χ0) is 11.3. The van der Waals surface area contributed by atoms with Gasteiger partial charge in [0, 0.05) is 48.4 Å². The van der Waals surface area contributed by atoms with Crippen LogP contribution < -0.4 is 5.32 Å². The van der Waals surface area contributed by atoms with Gasteiger partial charge in [-0.1, -0.05) is 18.2 Å². The molecule has 15 heavy (non-hydrogen) atoms. The lowest BCUT2D eigenvalue weighted by atomic mass is 8.97. The van der Waals surface area contributed by atoms with Crippen LogP contribution in [0.1, 0.15) is 12.5 Å². The van der Waals surface area contributed by atoms with Crippen LogP contribution in [0.3, 0.4) is 0 Å². The second kappa shape index (κ2) is 6.04. The predicted molar refractivity (Wildman–Crippen MR) is 72.0 cm³/mol. The Hall–Kier alpha value is -0.655. The summed E-state index contributed by atoms with van der Waals surface area (Å²) in [4.78, 5) is 0. The molecule has 1 aliphatic heterocycles. The van der Waals surface area contributed by atoms with Crippen LogP contribution in [-0.2, 0) is 6.42 Å². The molecule has 0 saturated carbocycles. The highest BCUT2D eigenvalue weighted by molar-refractivity contribution is 7.60. The van der Waals surface area contributed by atoms with Crippen LogP contribution in [-0.4, -0.2) is 42.7 Å². The molecule has 0 spiro atoms. The molecule has 0 amide bonds. The van der Waals surface area contributed by atoms with Crippen LogP contribution in [0.25, 0.3) is 0 Å². The maximum atomic E-state index is 4.89. The number of benzene rings is 1. The molecule has 1 atom stereocenters. The van der Waals surface area contributed by atoms with E-state index in [0.717, 1.165) is 0 Å². The Labute approximate surface area is 97.3 Å². The van der Waals surface area contributed by atoms with Gasteiger partial charge in [0.05, 0.1) is 0 Å². The second-order valence-corrected chi connectivity index (χ2v) is 3.68. The summed E-state index contributed by atoms with van der Waals surface area (Å²) in [7, 11) is 15.8. The fourth-order valence-electron chi connectivity index (χ4n) is 1.49. The number of hydrogen-bond donors (Lipinski definition) is 1. The highest BCUT2D eigenvalue weighted by atomic mass is 14.9. The number of fused-ring (bicyclic) bond motifs is 1. The van der Waals surface area contributed by atoms with Gasteiger partial charge in [-0.3, -0.25) is 0 Å². The van der Waals surface area contributed by atoms with E-state index in [2.05, 4.69) is 36.5 Å². The first-order valence-electron chi connectivity index (χ1n) is 5.04. The van der Waals surface area contributed by atoms with E-state index in [-0.39, 0.29) is 0 Å². The van der Waals surface area contributed by atoms with Gasteiger partial charge in [0.15, 0.2) is 0 Å². The summed E-state index contributed by atoms with van der Waals surface area (Å²) < 4.78 is 0. The molecule has 67 valence electrons. The van der Waals surface area contributed by atoms with E-state index in [1.807, 2.05) is 0 Å². The third-order valence-electron chi connectivity index (χ3n) is 2.17. The predicted octanol–water partition coefficient (Wildman–Crippen LogP) is 0.139. The highest BCUT2D eigenvalue weighted by Gasteiger charge is 2.14. The third-order valence-corrected chi connectivity index (χ3v) is 2.17. The van der Waals surface area contributed by atoms with E-state index >= 15 is 0 Å². The van der Waals surface area contributed by atoms with Crippen molar-refractivity contribution in [3.63, 3.8) is 0 Å². The zero-order valence-corrected chi connectivity index (χ0v) is 8.98. The first kappa shape index (κ1) is 12.4. The molecule has 1 aromatic carbocycles. The lowest BCUT2D eigenvalue weighted by Crippen LogP contribution is -2.23. The molecular formula is C9H11B5N. The standard InChI is InChI=1S/C9H11N.B5/c1-7-6-8-4-2-3-5-9(8)10-7;1-4-5(2)3/h2-5,7,10H,6H2,1H3;. The minimum absolute atomic E-state index is 0.463. The fourth-order valence-corrected chi connectivity index (χ4v) is 1.49. The van der Waals surface area contributed by atoms with Crippen molar-refractivity contribution < 1.29 is 0 Å². The fraction of sp³-hybridized carbons (Fsp3) is 0.333. The molecule has 2 rings (SSSR count). The van der Waals surface area contributed by atoms with Gasteiger partial charge in [-0.05, 0) is 25.0 Å². The van der Waals surface area contributed by atoms with Crippen molar-refractivity contribution >= 4 is 42.3 Å². The Morgan fingerprint density at radius 2 is 2.00 bits per heavy atom. The number of rotatable bonds is 1. The lowest BCUT2D eigenvalue weighted by molar-refractivity contribution is 0.839. The molecule has 1 unspecified atom stereocenters. The largest absolute Gasteiger partial charge is 0.382 e. The smallest absolute Gasteiger partial charge is 0.0375 e. The van der Waals surface area contributed by atoms with Crippen molar-refractivity contribution in [1.82, 2.24) is 0 Å². The molecule has 0 saturated heterocycles. The monoisotopic (exact) mass is 188 g/mol. The normalized spacial score (nSPS) is 16.7. The SMILES string of the molecule is CC1Cc2ccccc2N1.[B][B]B([B])[B]. The average molecular weight is 187 g/mol. The molecule has 0 aromatic heterocycles. The molecule has 1 heterocycles. The van der Waals surface area contributed by atoms with Crippen LogP contribution in [0.4, 0.5) is 5.69 Å². The summed E-state index contributed by atoms with van der Waals surface area (Å²) in [5.41, 5.74) is 2.77. The summed E-state index contributed by atoms with van der Waals surface area (Å²) in [6.07, 6.45) is 0.714. The molecule has 0 aliphatic carbocycles. The Morgan fingerprint density at radius 1 is 1.40 bits per heavy atom. The van der Waals surface area contributed by atoms with E-state index in [9.17, 15) is 0 Å². The topological polar surface area (TPSA) is 12.0 Å². The highest BCUT2D eigenvalue weighted by Crippen LogP contribution is 2.24. The quantitative estimate of drug-likeness (QED) is 0.617. The molecule has 1 nitrogen and oxygen atoms in total. The van der Waals surface area contributed by atoms with Gasteiger partial charge in [-0.25, -0.2) is 0 Å². The van der Waals surface area contributed by atoms with Crippen LogP contribution in [0.15, 0.2) is 24.3 Å². The molecule has 1 N–H and O–H groups in total. The minimum atomic E-state index is -0.463. The summed E-state index contributed by atoms with van der Waals surface area (Å²) in [5, 5.41) is 3.40. The van der Waals surface area contributed by atoms with E-state index in [1.54, 1.807) is 0 Å². The molecular weight excluding hydrogens is 176 g/mol. The van der Waals surface area contributed by atoms with Gasteiger partial charge in [0.1, 0.15) is 0 Å². The minimum Gasteiger partial charge on any atom is -0.382 e. The Morgan fingerprint density at radius 3 is 2.53 bits per heavy atom. The first-order valence-corrected chi connectivity index (χ1v) is 5.04. The van der Waals surface area contributed by atoms with Gasteiger partial charge < -0.3 is 5.32 Å². The van der Waals surface area contributed by atoms with E-state index < -0.39 is 6.39 Å². The van der Waals surface area contributed by atoms with Crippen molar-refractivity contribution in [1.29, 1.82) is 0 Å².